The van der Waals surface area contributed by atoms with Crippen LogP contribution in [-0.2, 0) is 4.87 Å². The van der Waals surface area contributed by atoms with E-state index < -0.39 is 22.2 Å². The van der Waals surface area contributed by atoms with Crippen LogP contribution in [-0.4, -0.2) is 37.7 Å². The molecule has 1 fully saturated rings. The first-order valence-electron chi connectivity index (χ1n) is 5.67. The van der Waals surface area contributed by atoms with Crippen molar-refractivity contribution in [2.75, 3.05) is 6.61 Å². The summed E-state index contributed by atoms with van der Waals surface area (Å²) in [4.78, 5) is 24.8. The van der Waals surface area contributed by atoms with Gasteiger partial charge in [-0.1, -0.05) is 0 Å². The standard InChI is InChI=1S/C11H16N2O4S/c1-6-4-13(10(17)12-9(6)16)11(2)3-7(15)8(5-14)18-11/h4,7-8,14-15H,3,5H2,1-2H3,(H,12,16,17)/t7-,8+,11+/m0/s1. The Morgan fingerprint density at radius 1 is 1.61 bits per heavy atom. The van der Waals surface area contributed by atoms with Crippen molar-refractivity contribution in [3.05, 3.63) is 32.6 Å². The van der Waals surface area contributed by atoms with E-state index in [2.05, 4.69) is 4.98 Å². The highest BCUT2D eigenvalue weighted by atomic mass is 32.2. The number of hydrogen-bond donors (Lipinski definition) is 3. The lowest BCUT2D eigenvalue weighted by molar-refractivity contribution is 0.127. The summed E-state index contributed by atoms with van der Waals surface area (Å²) >= 11 is 1.34. The van der Waals surface area contributed by atoms with Gasteiger partial charge in [0.2, 0.25) is 0 Å². The molecule has 7 heteroatoms. The largest absolute Gasteiger partial charge is 0.395 e. The minimum absolute atomic E-state index is 0.140. The molecule has 1 saturated heterocycles. The van der Waals surface area contributed by atoms with Gasteiger partial charge >= 0.3 is 5.69 Å². The number of aryl methyl sites for hydroxylation is 1. The SMILES string of the molecule is Cc1cn([C@@]2(C)C[C@H](O)[C@@H](CO)S2)c(=O)[nH]c1=O. The molecule has 1 aliphatic rings. The zero-order chi connectivity index (χ0) is 13.5. The first-order valence-corrected chi connectivity index (χ1v) is 6.55. The second kappa shape index (κ2) is 4.56. The second-order valence-corrected chi connectivity index (χ2v) is 6.45. The first-order chi connectivity index (χ1) is 8.37. The minimum atomic E-state index is -0.663. The summed E-state index contributed by atoms with van der Waals surface area (Å²) in [6, 6.07) is 0. The maximum atomic E-state index is 11.8. The summed E-state index contributed by atoms with van der Waals surface area (Å²) in [5.41, 5.74) is -0.452. The number of thioether (sulfide) groups is 1. The molecular weight excluding hydrogens is 256 g/mol. The normalized spacial score (nSPS) is 31.8. The van der Waals surface area contributed by atoms with E-state index in [1.54, 1.807) is 6.92 Å². The van der Waals surface area contributed by atoms with Gasteiger partial charge in [-0.2, -0.15) is 0 Å². The van der Waals surface area contributed by atoms with Gasteiger partial charge in [-0.15, -0.1) is 11.8 Å². The number of nitrogens with one attached hydrogen (secondary N) is 1. The van der Waals surface area contributed by atoms with Crippen molar-refractivity contribution in [1.29, 1.82) is 0 Å². The van der Waals surface area contributed by atoms with E-state index >= 15 is 0 Å². The first kappa shape index (κ1) is 13.4. The van der Waals surface area contributed by atoms with Gasteiger partial charge in [0.15, 0.2) is 0 Å². The molecule has 3 N–H and O–H groups in total. The van der Waals surface area contributed by atoms with Crippen LogP contribution in [0.2, 0.25) is 0 Å². The van der Waals surface area contributed by atoms with E-state index in [0.717, 1.165) is 0 Å². The molecule has 0 radical (unpaired) electrons. The number of aliphatic hydroxyl groups excluding tert-OH is 2. The summed E-state index contributed by atoms with van der Waals surface area (Å²) in [7, 11) is 0. The van der Waals surface area contributed by atoms with Gasteiger partial charge in [0.1, 0.15) is 0 Å². The summed E-state index contributed by atoms with van der Waals surface area (Å²) in [5.74, 6) is 0. The molecule has 0 aromatic carbocycles. The number of aliphatic hydroxyl groups is 2. The van der Waals surface area contributed by atoms with Crippen LogP contribution in [0.4, 0.5) is 0 Å². The lowest BCUT2D eigenvalue weighted by atomic mass is 10.1. The number of aromatic nitrogens is 2. The van der Waals surface area contributed by atoms with Crippen LogP contribution in [0.5, 0.6) is 0 Å². The van der Waals surface area contributed by atoms with Gasteiger partial charge < -0.3 is 10.2 Å². The molecule has 0 amide bonds. The number of rotatable bonds is 2. The summed E-state index contributed by atoms with van der Waals surface area (Å²) in [6.45, 7) is 3.30. The zero-order valence-electron chi connectivity index (χ0n) is 10.2. The maximum absolute atomic E-state index is 11.8. The van der Waals surface area contributed by atoms with Gasteiger partial charge in [0.25, 0.3) is 5.56 Å². The number of nitrogens with zero attached hydrogens (tertiary/aromatic N) is 1. The Hall–Kier alpha value is -1.05. The molecule has 0 spiro atoms. The van der Waals surface area contributed by atoms with Crippen molar-refractivity contribution in [3.63, 3.8) is 0 Å². The Morgan fingerprint density at radius 2 is 2.28 bits per heavy atom. The van der Waals surface area contributed by atoms with E-state index in [9.17, 15) is 14.7 Å². The summed E-state index contributed by atoms with van der Waals surface area (Å²) in [5, 5.41) is 18.7. The molecule has 0 saturated carbocycles. The molecule has 0 aliphatic carbocycles. The Bertz CT molecular complexity index is 567. The fraction of sp³-hybridized carbons (Fsp3) is 0.636. The van der Waals surface area contributed by atoms with E-state index in [1.165, 1.54) is 22.5 Å². The highest BCUT2D eigenvalue weighted by Gasteiger charge is 2.43. The Kier molecular flexibility index (Phi) is 3.39. The van der Waals surface area contributed by atoms with Crippen molar-refractivity contribution < 1.29 is 10.2 Å². The summed E-state index contributed by atoms with van der Waals surface area (Å²) < 4.78 is 1.42. The Balaban J connectivity index is 2.47. The average Bonchev–Trinajstić information content (AvgIpc) is 2.59. The molecule has 3 atom stereocenters. The van der Waals surface area contributed by atoms with Gasteiger partial charge in [-0.05, 0) is 13.8 Å². The average molecular weight is 272 g/mol. The fourth-order valence-electron chi connectivity index (χ4n) is 2.20. The van der Waals surface area contributed by atoms with E-state index in [-0.39, 0.29) is 11.9 Å². The molecule has 2 rings (SSSR count). The van der Waals surface area contributed by atoms with Gasteiger partial charge in [-0.3, -0.25) is 14.3 Å². The minimum Gasteiger partial charge on any atom is -0.395 e. The highest BCUT2D eigenvalue weighted by molar-refractivity contribution is 8.00. The molecule has 100 valence electrons. The lowest BCUT2D eigenvalue weighted by Gasteiger charge is -2.26. The number of hydrogen-bond acceptors (Lipinski definition) is 5. The van der Waals surface area contributed by atoms with E-state index in [0.29, 0.717) is 12.0 Å². The number of H-pyrrole nitrogens is 1. The second-order valence-electron chi connectivity index (χ2n) is 4.73. The Labute approximate surface area is 108 Å². The molecule has 1 aromatic heterocycles. The summed E-state index contributed by atoms with van der Waals surface area (Å²) in [6.07, 6.45) is 1.19. The molecule has 2 heterocycles. The third kappa shape index (κ3) is 2.13. The number of aromatic amines is 1. The lowest BCUT2D eigenvalue weighted by Crippen LogP contribution is -2.40. The molecule has 0 unspecified atom stereocenters. The van der Waals surface area contributed by atoms with Crippen LogP contribution >= 0.6 is 11.8 Å². The van der Waals surface area contributed by atoms with Crippen LogP contribution in [0.25, 0.3) is 0 Å². The van der Waals surface area contributed by atoms with Crippen LogP contribution in [0, 0.1) is 6.92 Å². The van der Waals surface area contributed by atoms with Crippen LogP contribution in [0.3, 0.4) is 0 Å². The van der Waals surface area contributed by atoms with Crippen molar-refractivity contribution >= 4 is 11.8 Å². The monoisotopic (exact) mass is 272 g/mol. The quantitative estimate of drug-likeness (QED) is 0.666. The fourth-order valence-corrected chi connectivity index (χ4v) is 3.70. The molecule has 6 nitrogen and oxygen atoms in total. The van der Waals surface area contributed by atoms with Gasteiger partial charge in [0, 0.05) is 18.2 Å². The third-order valence-electron chi connectivity index (χ3n) is 3.23. The molecule has 0 bridgehead atoms. The van der Waals surface area contributed by atoms with Crippen LogP contribution in [0.15, 0.2) is 15.8 Å². The predicted molar refractivity (Wildman–Crippen MR) is 68.8 cm³/mol. The van der Waals surface area contributed by atoms with Gasteiger partial charge in [-0.25, -0.2) is 4.79 Å². The highest BCUT2D eigenvalue weighted by Crippen LogP contribution is 2.45. The van der Waals surface area contributed by atoms with Crippen molar-refractivity contribution in [2.45, 2.75) is 36.5 Å². The van der Waals surface area contributed by atoms with Gasteiger partial charge in [0.05, 0.1) is 22.8 Å². The molecule has 1 aromatic rings. The van der Waals surface area contributed by atoms with Crippen molar-refractivity contribution in [3.8, 4) is 0 Å². The van der Waals surface area contributed by atoms with Crippen molar-refractivity contribution in [2.24, 2.45) is 0 Å². The van der Waals surface area contributed by atoms with E-state index in [1.807, 2.05) is 6.92 Å². The third-order valence-corrected chi connectivity index (χ3v) is 4.87. The van der Waals surface area contributed by atoms with Crippen LogP contribution in [0.1, 0.15) is 18.9 Å². The topological polar surface area (TPSA) is 95.3 Å². The van der Waals surface area contributed by atoms with Crippen molar-refractivity contribution in [1.82, 2.24) is 9.55 Å². The predicted octanol–water partition coefficient (Wildman–Crippen LogP) is -0.624. The Morgan fingerprint density at radius 3 is 2.83 bits per heavy atom. The smallest absolute Gasteiger partial charge is 0.329 e. The molecule has 18 heavy (non-hydrogen) atoms. The maximum Gasteiger partial charge on any atom is 0.329 e. The molecular formula is C11H16N2O4S. The molecule has 1 aliphatic heterocycles. The van der Waals surface area contributed by atoms with E-state index in [4.69, 9.17) is 5.11 Å². The zero-order valence-corrected chi connectivity index (χ0v) is 11.0. The van der Waals surface area contributed by atoms with Crippen LogP contribution < -0.4 is 11.2 Å².